The number of aromatic nitrogens is 1. The van der Waals surface area contributed by atoms with Crippen LogP contribution in [0, 0.1) is 0 Å². The van der Waals surface area contributed by atoms with Gasteiger partial charge in [0, 0.05) is 27.9 Å². The minimum absolute atomic E-state index is 0.954. The van der Waals surface area contributed by atoms with Crippen LogP contribution in [0.2, 0.25) is 0 Å². The third kappa shape index (κ3) is 4.43. The van der Waals surface area contributed by atoms with Gasteiger partial charge in [0.15, 0.2) is 0 Å². The van der Waals surface area contributed by atoms with Crippen molar-refractivity contribution in [3.8, 4) is 44.6 Å². The molecule has 0 aliphatic rings. The van der Waals surface area contributed by atoms with Crippen LogP contribution < -0.4 is 0 Å². The summed E-state index contributed by atoms with van der Waals surface area (Å²) in [6.07, 6.45) is 3.20. The first-order valence-electron chi connectivity index (χ1n) is 12.2. The molecule has 1 heteroatoms. The van der Waals surface area contributed by atoms with Gasteiger partial charge in [-0.15, -0.1) is 0 Å². The van der Waals surface area contributed by atoms with Crippen LogP contribution in [0.1, 0.15) is 25.5 Å². The average molecular weight is 440 g/mol. The third-order valence-corrected chi connectivity index (χ3v) is 6.27. The maximum atomic E-state index is 5.42. The highest BCUT2D eigenvalue weighted by Gasteiger charge is 2.23. The molecule has 1 heterocycles. The molecule has 0 aliphatic carbocycles. The van der Waals surface area contributed by atoms with Gasteiger partial charge in [-0.05, 0) is 29.5 Å². The SMILES string of the molecule is CCCCc1nc(-c2ccccc2)c(-c2ccccc2)c(-c2ccccc2)c1-c1ccccc1. The summed E-state index contributed by atoms with van der Waals surface area (Å²) in [5.41, 5.74) is 10.7. The summed E-state index contributed by atoms with van der Waals surface area (Å²) in [5, 5.41) is 0. The standard InChI is InChI=1S/C33H29N/c1-2-3-24-29-30(25-16-8-4-9-17-25)31(26-18-10-5-11-19-26)32(27-20-12-6-13-21-27)33(34-29)28-22-14-7-15-23-28/h4-23H,2-3,24H2,1H3. The van der Waals surface area contributed by atoms with Gasteiger partial charge in [-0.25, -0.2) is 0 Å². The van der Waals surface area contributed by atoms with E-state index in [9.17, 15) is 0 Å². The Morgan fingerprint density at radius 3 is 1.35 bits per heavy atom. The van der Waals surface area contributed by atoms with Crippen molar-refractivity contribution in [3.05, 3.63) is 127 Å². The van der Waals surface area contributed by atoms with E-state index < -0.39 is 0 Å². The Hall–Kier alpha value is -3.97. The van der Waals surface area contributed by atoms with Crippen LogP contribution >= 0.6 is 0 Å². The van der Waals surface area contributed by atoms with Gasteiger partial charge in [0.05, 0.1) is 5.69 Å². The lowest BCUT2D eigenvalue weighted by atomic mass is 9.84. The monoisotopic (exact) mass is 439 g/mol. The molecule has 1 nitrogen and oxygen atoms in total. The fourth-order valence-electron chi connectivity index (χ4n) is 4.66. The molecule has 4 aromatic carbocycles. The zero-order chi connectivity index (χ0) is 23.2. The van der Waals surface area contributed by atoms with Crippen LogP contribution in [0.3, 0.4) is 0 Å². The molecule has 0 spiro atoms. The predicted octanol–water partition coefficient (Wildman–Crippen LogP) is 9.09. The Kier molecular flexibility index (Phi) is 6.63. The molecule has 0 fully saturated rings. The van der Waals surface area contributed by atoms with E-state index in [1.54, 1.807) is 0 Å². The molecule has 0 N–H and O–H groups in total. The van der Waals surface area contributed by atoms with Gasteiger partial charge in [-0.1, -0.05) is 135 Å². The molecule has 5 aromatic rings. The quantitative estimate of drug-likeness (QED) is 0.246. The summed E-state index contributed by atoms with van der Waals surface area (Å²) in [5.74, 6) is 0. The second kappa shape index (κ2) is 10.3. The minimum Gasteiger partial charge on any atom is -0.251 e. The molecule has 34 heavy (non-hydrogen) atoms. The summed E-state index contributed by atoms with van der Waals surface area (Å²) in [6, 6.07) is 42.9. The smallest absolute Gasteiger partial charge is 0.0790 e. The van der Waals surface area contributed by atoms with Gasteiger partial charge in [-0.2, -0.15) is 0 Å². The number of hydrogen-bond acceptors (Lipinski definition) is 1. The Balaban J connectivity index is 1.95. The average Bonchev–Trinajstić information content (AvgIpc) is 2.93. The highest BCUT2D eigenvalue weighted by Crippen LogP contribution is 2.46. The first-order valence-corrected chi connectivity index (χ1v) is 12.2. The van der Waals surface area contributed by atoms with Crippen molar-refractivity contribution in [1.82, 2.24) is 4.98 Å². The molecule has 0 atom stereocenters. The molecule has 0 aliphatic heterocycles. The molecule has 0 saturated carbocycles. The number of aryl methyl sites for hydroxylation is 1. The van der Waals surface area contributed by atoms with Gasteiger partial charge >= 0.3 is 0 Å². The number of hydrogen-bond donors (Lipinski definition) is 0. The first kappa shape index (κ1) is 21.9. The second-order valence-corrected chi connectivity index (χ2v) is 8.60. The molecule has 0 unspecified atom stereocenters. The Labute approximate surface area is 202 Å². The molecular formula is C33H29N. The van der Waals surface area contributed by atoms with E-state index in [0.29, 0.717) is 0 Å². The van der Waals surface area contributed by atoms with Crippen LogP contribution in [0.5, 0.6) is 0 Å². The van der Waals surface area contributed by atoms with E-state index in [-0.39, 0.29) is 0 Å². The summed E-state index contributed by atoms with van der Waals surface area (Å²) >= 11 is 0. The first-order chi connectivity index (χ1) is 16.9. The van der Waals surface area contributed by atoms with Crippen LogP contribution in [-0.2, 0) is 6.42 Å². The topological polar surface area (TPSA) is 12.9 Å². The van der Waals surface area contributed by atoms with Crippen LogP contribution in [0.4, 0.5) is 0 Å². The number of rotatable bonds is 7. The van der Waals surface area contributed by atoms with E-state index in [1.807, 2.05) is 0 Å². The highest BCUT2D eigenvalue weighted by atomic mass is 14.7. The molecule has 166 valence electrons. The van der Waals surface area contributed by atoms with Crippen LogP contribution in [0.15, 0.2) is 121 Å². The summed E-state index contributed by atoms with van der Waals surface area (Å²) in [6.45, 7) is 2.25. The van der Waals surface area contributed by atoms with Crippen molar-refractivity contribution in [3.63, 3.8) is 0 Å². The summed E-state index contributed by atoms with van der Waals surface area (Å²) in [7, 11) is 0. The van der Waals surface area contributed by atoms with Gasteiger partial charge in [0.25, 0.3) is 0 Å². The highest BCUT2D eigenvalue weighted by molar-refractivity contribution is 6.01. The van der Waals surface area contributed by atoms with E-state index in [2.05, 4.69) is 128 Å². The van der Waals surface area contributed by atoms with Crippen molar-refractivity contribution >= 4 is 0 Å². The summed E-state index contributed by atoms with van der Waals surface area (Å²) < 4.78 is 0. The lowest BCUT2D eigenvalue weighted by molar-refractivity contribution is 0.779. The maximum Gasteiger partial charge on any atom is 0.0790 e. The lowest BCUT2D eigenvalue weighted by Gasteiger charge is -2.23. The molecular weight excluding hydrogens is 410 g/mol. The molecule has 0 saturated heterocycles. The van der Waals surface area contributed by atoms with Crippen molar-refractivity contribution < 1.29 is 0 Å². The van der Waals surface area contributed by atoms with Crippen molar-refractivity contribution in [2.75, 3.05) is 0 Å². The van der Waals surface area contributed by atoms with Crippen LogP contribution in [0.25, 0.3) is 44.6 Å². The van der Waals surface area contributed by atoms with Gasteiger partial charge in [0.1, 0.15) is 0 Å². The second-order valence-electron chi connectivity index (χ2n) is 8.60. The normalized spacial score (nSPS) is 10.9. The number of benzene rings is 4. The zero-order valence-corrected chi connectivity index (χ0v) is 19.6. The number of unbranched alkanes of at least 4 members (excludes halogenated alkanes) is 1. The molecule has 5 rings (SSSR count). The van der Waals surface area contributed by atoms with Crippen molar-refractivity contribution in [1.29, 1.82) is 0 Å². The van der Waals surface area contributed by atoms with Crippen LogP contribution in [-0.4, -0.2) is 4.98 Å². The van der Waals surface area contributed by atoms with E-state index >= 15 is 0 Å². The Bertz CT molecular complexity index is 1340. The van der Waals surface area contributed by atoms with Gasteiger partial charge in [0.2, 0.25) is 0 Å². The molecule has 0 bridgehead atoms. The van der Waals surface area contributed by atoms with Gasteiger partial charge in [-0.3, -0.25) is 4.98 Å². The Morgan fingerprint density at radius 2 is 0.882 bits per heavy atom. The molecule has 1 aromatic heterocycles. The van der Waals surface area contributed by atoms with Crippen molar-refractivity contribution in [2.45, 2.75) is 26.2 Å². The van der Waals surface area contributed by atoms with E-state index in [4.69, 9.17) is 4.98 Å². The fourth-order valence-corrected chi connectivity index (χ4v) is 4.66. The number of nitrogens with zero attached hydrogens (tertiary/aromatic N) is 1. The molecule has 0 amide bonds. The fraction of sp³-hybridized carbons (Fsp3) is 0.121. The number of pyridine rings is 1. The zero-order valence-electron chi connectivity index (χ0n) is 19.6. The molecule has 0 radical (unpaired) electrons. The lowest BCUT2D eigenvalue weighted by Crippen LogP contribution is -2.04. The predicted molar refractivity (Wildman–Crippen MR) is 145 cm³/mol. The third-order valence-electron chi connectivity index (χ3n) is 6.27. The van der Waals surface area contributed by atoms with E-state index in [1.165, 1.54) is 39.1 Å². The largest absolute Gasteiger partial charge is 0.251 e. The Morgan fingerprint density at radius 1 is 0.471 bits per heavy atom. The van der Waals surface area contributed by atoms with Gasteiger partial charge < -0.3 is 0 Å². The summed E-state index contributed by atoms with van der Waals surface area (Å²) in [4.78, 5) is 5.42. The minimum atomic E-state index is 0.954. The van der Waals surface area contributed by atoms with Crippen molar-refractivity contribution in [2.24, 2.45) is 0 Å². The maximum absolute atomic E-state index is 5.42. The van der Waals surface area contributed by atoms with E-state index in [0.717, 1.165) is 30.5 Å².